The average molecular weight is 302 g/mol. The summed E-state index contributed by atoms with van der Waals surface area (Å²) in [5.41, 5.74) is 0. The second-order valence-corrected chi connectivity index (χ2v) is 9.78. The van der Waals surface area contributed by atoms with E-state index in [1.165, 1.54) is 0 Å². The van der Waals surface area contributed by atoms with E-state index in [1.807, 2.05) is 0 Å². The molecule has 2 N–H and O–H groups in total. The number of hydrogen-bond donors (Lipinski definition) is 0. The molecule has 4 heterocycles. The maximum atomic E-state index is 11.3. The zero-order valence-electron chi connectivity index (χ0n) is 6.37. The van der Waals surface area contributed by atoms with Gasteiger partial charge < -0.3 is 5.48 Å². The Morgan fingerprint density at radius 3 is 0.733 bits per heavy atom. The quantitative estimate of drug-likeness (QED) is 0.603. The van der Waals surface area contributed by atoms with E-state index in [-0.39, 0.29) is 5.48 Å². The molecule has 0 atom stereocenters. The monoisotopic (exact) mass is 302 g/mol. The molecule has 0 radical (unpaired) electrons. The smallest absolute Gasteiger partial charge is 0.412 e. The summed E-state index contributed by atoms with van der Waals surface area (Å²) in [5.74, 6) is 0. The van der Waals surface area contributed by atoms with Gasteiger partial charge in [0.1, 0.15) is 0 Å². The molecule has 0 aromatic heterocycles. The highest BCUT2D eigenvalue weighted by Gasteiger charge is 2.74. The summed E-state index contributed by atoms with van der Waals surface area (Å²) in [5, 5.41) is 0. The van der Waals surface area contributed by atoms with Crippen LogP contribution in [0.2, 0.25) is 0 Å². The third-order valence-corrected chi connectivity index (χ3v) is 10.8. The Bertz CT molecular complexity index is 344. The minimum Gasteiger partial charge on any atom is -0.412 e. The van der Waals surface area contributed by atoms with E-state index in [0.717, 1.165) is 0 Å². The van der Waals surface area contributed by atoms with Gasteiger partial charge in [-0.3, -0.25) is 0 Å². The van der Waals surface area contributed by atoms with Gasteiger partial charge in [0.15, 0.2) is 0 Å². The predicted octanol–water partition coefficient (Wildman–Crippen LogP) is 1.73. The molecule has 0 unspecified atom stereocenters. The Labute approximate surface area is 81.7 Å². The van der Waals surface area contributed by atoms with Gasteiger partial charge in [-0.15, -0.1) is 0 Å². The summed E-state index contributed by atoms with van der Waals surface area (Å²) in [6.45, 7) is 0. The number of phosphoric acid groups is 4. The fourth-order valence-corrected chi connectivity index (χ4v) is 11.4. The lowest BCUT2D eigenvalue weighted by Crippen LogP contribution is -2.19. The van der Waals surface area contributed by atoms with Gasteiger partial charge in [-0.05, 0) is 0 Å². The van der Waals surface area contributed by atoms with Crippen LogP contribution < -0.4 is 0 Å². The van der Waals surface area contributed by atoms with Gasteiger partial charge >= 0.3 is 31.3 Å². The molecule has 4 rings (SSSR count). The summed E-state index contributed by atoms with van der Waals surface area (Å²) in [7, 11) is -17.7. The fourth-order valence-electron chi connectivity index (χ4n) is 0.914. The van der Waals surface area contributed by atoms with Crippen molar-refractivity contribution < 1.29 is 49.6 Å². The van der Waals surface area contributed by atoms with Gasteiger partial charge in [-0.1, -0.05) is 0 Å². The highest BCUT2D eigenvalue weighted by atomic mass is 31.4. The maximum Gasteiger partial charge on any atom is 0.501 e. The van der Waals surface area contributed by atoms with Crippen molar-refractivity contribution in [3.8, 4) is 0 Å². The van der Waals surface area contributed by atoms with Gasteiger partial charge in [0.05, 0.1) is 0 Å². The molecule has 4 aliphatic rings. The van der Waals surface area contributed by atoms with E-state index in [9.17, 15) is 18.3 Å². The van der Waals surface area contributed by atoms with Crippen LogP contribution in [0.1, 0.15) is 0 Å². The molecule has 0 aromatic carbocycles. The van der Waals surface area contributed by atoms with Crippen LogP contribution in [0.4, 0.5) is 0 Å². The van der Waals surface area contributed by atoms with Crippen LogP contribution in [-0.4, -0.2) is 5.48 Å². The molecule has 0 saturated carbocycles. The molecular formula is H2O11P4. The van der Waals surface area contributed by atoms with E-state index in [2.05, 4.69) is 25.9 Å². The molecule has 4 aliphatic heterocycles. The topological polar surface area (TPSA) is 155 Å². The van der Waals surface area contributed by atoms with Crippen molar-refractivity contribution in [3.05, 3.63) is 0 Å². The molecule has 0 aliphatic carbocycles. The summed E-state index contributed by atoms with van der Waals surface area (Å²) in [4.78, 5) is 0. The van der Waals surface area contributed by atoms with E-state index in [0.29, 0.717) is 0 Å². The molecule has 4 saturated heterocycles. The average Bonchev–Trinajstić information content (AvgIpc) is 1.67. The van der Waals surface area contributed by atoms with Crippen molar-refractivity contribution in [3.63, 3.8) is 0 Å². The largest absolute Gasteiger partial charge is 0.501 e. The van der Waals surface area contributed by atoms with E-state index in [1.54, 1.807) is 0 Å². The van der Waals surface area contributed by atoms with Crippen LogP contribution in [0.5, 0.6) is 0 Å². The Morgan fingerprint density at radius 2 is 0.600 bits per heavy atom. The lowest BCUT2D eigenvalue weighted by Gasteiger charge is -2.41. The van der Waals surface area contributed by atoms with Crippen molar-refractivity contribution >= 4 is 31.3 Å². The maximum absolute atomic E-state index is 11.3. The standard InChI is InChI=1S/O10P4.H2O/c1-11-5-12(2)8-13(3,6-11)10-14(4,7-11)9-12;/h;1H2. The first-order valence-electron chi connectivity index (χ1n) is 2.92. The normalized spacial score (nSPS) is 61.3. The first kappa shape index (κ1) is 12.1. The Kier molecular flexibility index (Phi) is 2.34. The Hall–Kier alpha value is 0.640. The zero-order valence-corrected chi connectivity index (χ0v) is 9.95. The molecule has 0 aromatic rings. The van der Waals surface area contributed by atoms with Gasteiger partial charge in [-0.25, -0.2) is 18.3 Å². The minimum absolute atomic E-state index is 0. The summed E-state index contributed by atoms with van der Waals surface area (Å²) in [6.07, 6.45) is 0. The van der Waals surface area contributed by atoms with E-state index < -0.39 is 31.3 Å². The third-order valence-electron chi connectivity index (χ3n) is 1.20. The first-order chi connectivity index (χ1) is 6.24. The molecule has 88 valence electrons. The molecule has 0 amide bonds. The molecule has 15 heavy (non-hydrogen) atoms. The van der Waals surface area contributed by atoms with Crippen LogP contribution >= 0.6 is 31.3 Å². The molecular weight excluding hydrogens is 300 g/mol. The first-order valence-corrected chi connectivity index (χ1v) is 8.76. The van der Waals surface area contributed by atoms with Crippen LogP contribution in [0, 0.1) is 0 Å². The van der Waals surface area contributed by atoms with Crippen LogP contribution in [0.25, 0.3) is 0 Å². The van der Waals surface area contributed by atoms with Gasteiger partial charge in [0, 0.05) is 0 Å². The minimum atomic E-state index is -4.43. The summed E-state index contributed by atoms with van der Waals surface area (Å²) in [6, 6.07) is 0. The highest BCUT2D eigenvalue weighted by Crippen LogP contribution is 2.99. The molecule has 15 heteroatoms. The fraction of sp³-hybridized carbons (Fsp3) is 0. The van der Waals surface area contributed by atoms with E-state index >= 15 is 0 Å². The second-order valence-electron chi connectivity index (χ2n) is 2.28. The van der Waals surface area contributed by atoms with Crippen LogP contribution in [0.3, 0.4) is 0 Å². The Balaban J connectivity index is 0.000000853. The lowest BCUT2D eigenvalue weighted by molar-refractivity contribution is 0.0910. The van der Waals surface area contributed by atoms with Gasteiger partial charge in [0.25, 0.3) is 0 Å². The van der Waals surface area contributed by atoms with Gasteiger partial charge in [-0.2, -0.15) is 25.9 Å². The van der Waals surface area contributed by atoms with Gasteiger partial charge in [0.2, 0.25) is 0 Å². The zero-order chi connectivity index (χ0) is 10.2. The summed E-state index contributed by atoms with van der Waals surface area (Å²) >= 11 is 0. The SMILES string of the molecule is O.O=P12OP3(=O)OP(=O)(O1)OP(=O)(O2)O3. The van der Waals surface area contributed by atoms with Crippen molar-refractivity contribution in [1.82, 2.24) is 0 Å². The Morgan fingerprint density at radius 1 is 0.467 bits per heavy atom. The number of hydrogen-bond acceptors (Lipinski definition) is 10. The lowest BCUT2D eigenvalue weighted by atomic mass is 15.6. The molecule has 4 bridgehead atoms. The predicted molar refractivity (Wildman–Crippen MR) is 40.5 cm³/mol. The van der Waals surface area contributed by atoms with Crippen molar-refractivity contribution in [1.29, 1.82) is 0 Å². The summed E-state index contributed by atoms with van der Waals surface area (Å²) < 4.78 is 69.9. The van der Waals surface area contributed by atoms with Crippen molar-refractivity contribution in [2.45, 2.75) is 0 Å². The van der Waals surface area contributed by atoms with E-state index in [4.69, 9.17) is 0 Å². The molecule has 11 nitrogen and oxygen atoms in total. The highest BCUT2D eigenvalue weighted by molar-refractivity contribution is 7.88. The van der Waals surface area contributed by atoms with Crippen molar-refractivity contribution in [2.75, 3.05) is 0 Å². The van der Waals surface area contributed by atoms with Crippen LogP contribution in [-0.2, 0) is 44.1 Å². The molecule has 4 fully saturated rings. The van der Waals surface area contributed by atoms with Crippen LogP contribution in [0.15, 0.2) is 0 Å². The number of rotatable bonds is 0. The van der Waals surface area contributed by atoms with Crippen molar-refractivity contribution in [2.24, 2.45) is 0 Å². The second kappa shape index (κ2) is 2.90. The molecule has 0 spiro atoms. The third kappa shape index (κ3) is 1.74.